The first-order valence-corrected chi connectivity index (χ1v) is 7.15. The van der Waals surface area contributed by atoms with Gasteiger partial charge in [0.05, 0.1) is 13.2 Å². The molecule has 1 aromatic carbocycles. The molecule has 104 valence electrons. The van der Waals surface area contributed by atoms with Crippen molar-refractivity contribution in [1.82, 2.24) is 0 Å². The van der Waals surface area contributed by atoms with Gasteiger partial charge >= 0.3 is 0 Å². The van der Waals surface area contributed by atoms with E-state index in [9.17, 15) is 4.79 Å². The molecule has 1 saturated heterocycles. The fourth-order valence-electron chi connectivity index (χ4n) is 2.21. The van der Waals surface area contributed by atoms with Crippen LogP contribution in [0.25, 0.3) is 0 Å². The van der Waals surface area contributed by atoms with Gasteiger partial charge in [-0.2, -0.15) is 0 Å². The fraction of sp³-hybridized carbons (Fsp3) is 0.562. The van der Waals surface area contributed by atoms with E-state index in [2.05, 4.69) is 19.1 Å². The Bertz CT molecular complexity index is 391. The molecule has 3 nitrogen and oxygen atoms in total. The van der Waals surface area contributed by atoms with Crippen LogP contribution in [0.2, 0.25) is 0 Å². The van der Waals surface area contributed by atoms with E-state index in [1.165, 1.54) is 18.4 Å². The van der Waals surface area contributed by atoms with Gasteiger partial charge in [0, 0.05) is 18.4 Å². The third kappa shape index (κ3) is 4.44. The summed E-state index contributed by atoms with van der Waals surface area (Å²) in [5, 5.41) is 0. The summed E-state index contributed by atoms with van der Waals surface area (Å²) in [5.74, 6) is 0.168. The quantitative estimate of drug-likeness (QED) is 0.707. The predicted molar refractivity (Wildman–Crippen MR) is 74.3 cm³/mol. The van der Waals surface area contributed by atoms with Crippen molar-refractivity contribution in [3.8, 4) is 0 Å². The van der Waals surface area contributed by atoms with Crippen LogP contribution in [-0.4, -0.2) is 25.3 Å². The molecule has 0 radical (unpaired) electrons. The Morgan fingerprint density at radius 2 is 1.89 bits per heavy atom. The highest BCUT2D eigenvalue weighted by atomic mass is 16.7. The first-order chi connectivity index (χ1) is 9.29. The van der Waals surface area contributed by atoms with Crippen molar-refractivity contribution in [2.24, 2.45) is 0 Å². The van der Waals surface area contributed by atoms with E-state index in [1.807, 2.05) is 12.1 Å². The molecule has 0 aromatic heterocycles. The summed E-state index contributed by atoms with van der Waals surface area (Å²) in [6, 6.07) is 7.99. The van der Waals surface area contributed by atoms with Crippen molar-refractivity contribution in [1.29, 1.82) is 0 Å². The van der Waals surface area contributed by atoms with E-state index in [1.54, 1.807) is 0 Å². The van der Waals surface area contributed by atoms with Crippen LogP contribution in [0.15, 0.2) is 24.3 Å². The zero-order valence-electron chi connectivity index (χ0n) is 11.6. The zero-order chi connectivity index (χ0) is 13.5. The summed E-state index contributed by atoms with van der Waals surface area (Å²) in [4.78, 5) is 12.0. The van der Waals surface area contributed by atoms with Gasteiger partial charge in [-0.1, -0.05) is 37.6 Å². The van der Waals surface area contributed by atoms with Gasteiger partial charge in [0.2, 0.25) is 0 Å². The molecule has 1 aliphatic heterocycles. The lowest BCUT2D eigenvalue weighted by Gasteiger charge is -2.08. The lowest BCUT2D eigenvalue weighted by Crippen LogP contribution is -2.10. The van der Waals surface area contributed by atoms with Gasteiger partial charge in [0.25, 0.3) is 0 Å². The standard InChI is InChI=1S/C16H22O3/c1-2-3-4-13-5-7-14(8-6-13)15(17)9-10-16-18-11-12-19-16/h5-8,16H,2-4,9-12H2,1H3. The fourth-order valence-corrected chi connectivity index (χ4v) is 2.21. The van der Waals surface area contributed by atoms with Crippen molar-refractivity contribution < 1.29 is 14.3 Å². The average molecular weight is 262 g/mol. The average Bonchev–Trinajstić information content (AvgIpc) is 2.96. The lowest BCUT2D eigenvalue weighted by atomic mass is 10.0. The Morgan fingerprint density at radius 1 is 1.21 bits per heavy atom. The zero-order valence-corrected chi connectivity index (χ0v) is 11.6. The third-order valence-electron chi connectivity index (χ3n) is 3.39. The molecule has 0 amide bonds. The summed E-state index contributed by atoms with van der Waals surface area (Å²) >= 11 is 0. The van der Waals surface area contributed by atoms with E-state index in [4.69, 9.17) is 9.47 Å². The molecule has 0 aliphatic carbocycles. The summed E-state index contributed by atoms with van der Waals surface area (Å²) in [6.45, 7) is 3.47. The number of benzene rings is 1. The molecule has 1 fully saturated rings. The normalized spacial score (nSPS) is 15.8. The second-order valence-corrected chi connectivity index (χ2v) is 4.93. The van der Waals surface area contributed by atoms with Crippen LogP contribution < -0.4 is 0 Å². The summed E-state index contributed by atoms with van der Waals surface area (Å²) in [7, 11) is 0. The Hall–Kier alpha value is -1.19. The van der Waals surface area contributed by atoms with Gasteiger partial charge in [0.15, 0.2) is 12.1 Å². The van der Waals surface area contributed by atoms with Crippen molar-refractivity contribution in [2.75, 3.05) is 13.2 Å². The number of hydrogen-bond donors (Lipinski definition) is 0. The second kappa shape index (κ2) is 7.41. The monoisotopic (exact) mass is 262 g/mol. The number of rotatable bonds is 7. The van der Waals surface area contributed by atoms with Crippen LogP contribution >= 0.6 is 0 Å². The first kappa shape index (κ1) is 14.2. The molecule has 1 aliphatic rings. The minimum absolute atomic E-state index is 0.168. The van der Waals surface area contributed by atoms with Crippen LogP contribution in [0.3, 0.4) is 0 Å². The molecule has 1 aromatic rings. The molecule has 0 N–H and O–H groups in total. The molecule has 0 saturated carbocycles. The molecular weight excluding hydrogens is 240 g/mol. The van der Waals surface area contributed by atoms with Gasteiger partial charge in [-0.3, -0.25) is 4.79 Å². The van der Waals surface area contributed by atoms with Gasteiger partial charge in [0.1, 0.15) is 0 Å². The van der Waals surface area contributed by atoms with Crippen molar-refractivity contribution in [2.45, 2.75) is 45.3 Å². The van der Waals surface area contributed by atoms with Crippen LogP contribution in [-0.2, 0) is 15.9 Å². The van der Waals surface area contributed by atoms with Crippen molar-refractivity contribution in [3.05, 3.63) is 35.4 Å². The maximum Gasteiger partial charge on any atom is 0.163 e. The van der Waals surface area contributed by atoms with E-state index in [-0.39, 0.29) is 12.1 Å². The highest BCUT2D eigenvalue weighted by Crippen LogP contribution is 2.14. The maximum absolute atomic E-state index is 12.0. The van der Waals surface area contributed by atoms with Crippen LogP contribution in [0, 0.1) is 0 Å². The van der Waals surface area contributed by atoms with Gasteiger partial charge in [-0.15, -0.1) is 0 Å². The largest absolute Gasteiger partial charge is 0.350 e. The minimum atomic E-state index is -0.187. The number of aryl methyl sites for hydroxylation is 1. The minimum Gasteiger partial charge on any atom is -0.350 e. The molecule has 0 atom stereocenters. The summed E-state index contributed by atoms with van der Waals surface area (Å²) < 4.78 is 10.7. The van der Waals surface area contributed by atoms with E-state index >= 15 is 0 Å². The Balaban J connectivity index is 1.81. The number of Topliss-reactive ketones (excluding diaryl/α,β-unsaturated/α-hetero) is 1. The topological polar surface area (TPSA) is 35.5 Å². The smallest absolute Gasteiger partial charge is 0.163 e. The number of hydrogen-bond acceptors (Lipinski definition) is 3. The Morgan fingerprint density at radius 3 is 2.53 bits per heavy atom. The maximum atomic E-state index is 12.0. The SMILES string of the molecule is CCCCc1ccc(C(=O)CCC2OCCO2)cc1. The Kier molecular flexibility index (Phi) is 5.55. The molecule has 3 heteroatoms. The third-order valence-corrected chi connectivity index (χ3v) is 3.39. The Labute approximate surface area is 114 Å². The molecular formula is C16H22O3. The van der Waals surface area contributed by atoms with Crippen LogP contribution in [0.1, 0.15) is 48.5 Å². The molecule has 0 spiro atoms. The summed E-state index contributed by atoms with van der Waals surface area (Å²) in [5.41, 5.74) is 2.10. The molecule has 0 unspecified atom stereocenters. The predicted octanol–water partition coefficient (Wildman–Crippen LogP) is 3.37. The molecule has 1 heterocycles. The number of ether oxygens (including phenoxy) is 2. The number of ketones is 1. The lowest BCUT2D eigenvalue weighted by molar-refractivity contribution is -0.0464. The number of carbonyl (C=O) groups is 1. The van der Waals surface area contributed by atoms with Gasteiger partial charge in [-0.05, 0) is 18.4 Å². The molecule has 2 rings (SSSR count). The van der Waals surface area contributed by atoms with E-state index < -0.39 is 0 Å². The highest BCUT2D eigenvalue weighted by Gasteiger charge is 2.17. The molecule has 19 heavy (non-hydrogen) atoms. The second-order valence-electron chi connectivity index (χ2n) is 4.93. The van der Waals surface area contributed by atoms with Gasteiger partial charge in [-0.25, -0.2) is 0 Å². The van der Waals surface area contributed by atoms with Crippen LogP contribution in [0.5, 0.6) is 0 Å². The van der Waals surface area contributed by atoms with Crippen molar-refractivity contribution >= 4 is 5.78 Å². The molecule has 0 bridgehead atoms. The van der Waals surface area contributed by atoms with Crippen molar-refractivity contribution in [3.63, 3.8) is 0 Å². The number of carbonyl (C=O) groups excluding carboxylic acids is 1. The van der Waals surface area contributed by atoms with E-state index in [0.717, 1.165) is 12.0 Å². The van der Waals surface area contributed by atoms with E-state index in [0.29, 0.717) is 26.1 Å². The first-order valence-electron chi connectivity index (χ1n) is 7.15. The number of unbranched alkanes of at least 4 members (excludes halogenated alkanes) is 1. The van der Waals surface area contributed by atoms with Crippen LogP contribution in [0.4, 0.5) is 0 Å². The van der Waals surface area contributed by atoms with Gasteiger partial charge < -0.3 is 9.47 Å². The summed E-state index contributed by atoms with van der Waals surface area (Å²) in [6.07, 6.45) is 4.43. The highest BCUT2D eigenvalue weighted by molar-refractivity contribution is 5.96.